The highest BCUT2D eigenvalue weighted by molar-refractivity contribution is 6.03. The molecular formula is C32H45N3O5. The molecule has 1 saturated heterocycles. The lowest BCUT2D eigenvalue weighted by Crippen LogP contribution is -2.73. The van der Waals surface area contributed by atoms with Gasteiger partial charge in [-0.25, -0.2) is 14.5 Å². The van der Waals surface area contributed by atoms with E-state index in [-0.39, 0.29) is 17.9 Å². The summed E-state index contributed by atoms with van der Waals surface area (Å²) in [6, 6.07) is 14.1. The molecule has 218 valence electrons. The van der Waals surface area contributed by atoms with Gasteiger partial charge in [-0.3, -0.25) is 4.79 Å². The number of hydrogen-bond donors (Lipinski definition) is 1. The highest BCUT2D eigenvalue weighted by atomic mass is 16.5. The summed E-state index contributed by atoms with van der Waals surface area (Å²) in [5.41, 5.74) is 1.79. The molecule has 1 heterocycles. The maximum atomic E-state index is 13.5. The van der Waals surface area contributed by atoms with E-state index in [1.165, 1.54) is 4.90 Å². The first-order valence-electron chi connectivity index (χ1n) is 14.5. The third-order valence-corrected chi connectivity index (χ3v) is 7.76. The molecule has 2 aromatic carbocycles. The van der Waals surface area contributed by atoms with Crippen molar-refractivity contribution in [2.45, 2.75) is 78.5 Å². The third kappa shape index (κ3) is 7.22. The number of likely N-dealkylation sites (tertiary alicyclic amines) is 1. The van der Waals surface area contributed by atoms with E-state index in [1.54, 1.807) is 24.3 Å². The second kappa shape index (κ2) is 14.3. The number of rotatable bonds is 14. The number of benzene rings is 2. The van der Waals surface area contributed by atoms with E-state index in [1.807, 2.05) is 59.1 Å². The molecule has 0 saturated carbocycles. The van der Waals surface area contributed by atoms with Crippen LogP contribution in [-0.4, -0.2) is 61.2 Å². The summed E-state index contributed by atoms with van der Waals surface area (Å²) in [7, 11) is 4.03. The molecule has 1 aliphatic rings. The Labute approximate surface area is 239 Å². The van der Waals surface area contributed by atoms with Crippen molar-refractivity contribution >= 4 is 17.9 Å². The summed E-state index contributed by atoms with van der Waals surface area (Å²) in [6.07, 6.45) is 3.74. The normalized spacial score (nSPS) is 16.8. The van der Waals surface area contributed by atoms with Crippen LogP contribution in [0.15, 0.2) is 48.5 Å². The summed E-state index contributed by atoms with van der Waals surface area (Å²) in [5.74, 6) is -0.132. The lowest BCUT2D eigenvalue weighted by Gasteiger charge is -2.53. The lowest BCUT2D eigenvalue weighted by molar-refractivity contribution is -0.191. The third-order valence-electron chi connectivity index (χ3n) is 7.76. The number of esters is 1. The van der Waals surface area contributed by atoms with Crippen LogP contribution in [0.2, 0.25) is 0 Å². The fourth-order valence-corrected chi connectivity index (χ4v) is 5.10. The minimum Gasteiger partial charge on any atom is -0.469 e. The number of carbonyl (C=O) groups excluding carboxylic acids is 3. The summed E-state index contributed by atoms with van der Waals surface area (Å²) < 4.78 is 11.7. The molecule has 1 N–H and O–H groups in total. The summed E-state index contributed by atoms with van der Waals surface area (Å²) in [6.45, 7) is 9.29. The van der Waals surface area contributed by atoms with Gasteiger partial charge in [0, 0.05) is 0 Å². The molecule has 2 atom stereocenters. The zero-order valence-corrected chi connectivity index (χ0v) is 24.9. The van der Waals surface area contributed by atoms with Crippen molar-refractivity contribution < 1.29 is 23.9 Å². The number of imide groups is 1. The van der Waals surface area contributed by atoms with Crippen LogP contribution in [0.4, 0.5) is 4.79 Å². The van der Waals surface area contributed by atoms with Crippen LogP contribution in [0.25, 0.3) is 0 Å². The van der Waals surface area contributed by atoms with E-state index in [4.69, 9.17) is 9.47 Å². The molecule has 0 spiro atoms. The average Bonchev–Trinajstić information content (AvgIpc) is 2.94. The van der Waals surface area contributed by atoms with Gasteiger partial charge in [0.2, 0.25) is 5.91 Å². The van der Waals surface area contributed by atoms with Crippen molar-refractivity contribution in [3.63, 3.8) is 0 Å². The number of carbonyl (C=O) groups is 3. The average molecular weight is 552 g/mol. The second-order valence-electron chi connectivity index (χ2n) is 10.9. The van der Waals surface area contributed by atoms with E-state index in [0.717, 1.165) is 43.4 Å². The molecule has 0 aliphatic carbocycles. The highest BCUT2D eigenvalue weighted by Crippen LogP contribution is 2.46. The van der Waals surface area contributed by atoms with E-state index >= 15 is 0 Å². The fourth-order valence-electron chi connectivity index (χ4n) is 5.10. The maximum absolute atomic E-state index is 13.5. The Morgan fingerprint density at radius 3 is 2.23 bits per heavy atom. The number of aryl methyl sites for hydroxylation is 1. The van der Waals surface area contributed by atoms with Gasteiger partial charge in [-0.05, 0) is 89.5 Å². The maximum Gasteiger partial charge on any atom is 0.338 e. The number of amides is 3. The Bertz CT molecular complexity index is 1130. The minimum atomic E-state index is -0.786. The SMILES string of the molecule is CCCC(NC(=O)N1C(=O)C(CC)(CC)C1Oc1ccc(C(=O)OCCCCN(C)C)cc1)c1ccc(C)cc1. The number of urea groups is 1. The van der Waals surface area contributed by atoms with Crippen molar-refractivity contribution in [1.29, 1.82) is 0 Å². The van der Waals surface area contributed by atoms with Gasteiger partial charge in [-0.1, -0.05) is 57.0 Å². The van der Waals surface area contributed by atoms with E-state index in [2.05, 4.69) is 17.1 Å². The number of nitrogens with zero attached hydrogens (tertiary/aromatic N) is 2. The topological polar surface area (TPSA) is 88.2 Å². The molecule has 1 fully saturated rings. The molecule has 3 rings (SSSR count). The smallest absolute Gasteiger partial charge is 0.338 e. The molecule has 40 heavy (non-hydrogen) atoms. The van der Waals surface area contributed by atoms with Gasteiger partial charge in [0.15, 0.2) is 6.23 Å². The zero-order chi connectivity index (χ0) is 29.3. The first-order chi connectivity index (χ1) is 19.2. The number of ether oxygens (including phenoxy) is 2. The minimum absolute atomic E-state index is 0.210. The van der Waals surface area contributed by atoms with Crippen LogP contribution in [0.3, 0.4) is 0 Å². The van der Waals surface area contributed by atoms with Crippen molar-refractivity contribution in [3.05, 3.63) is 65.2 Å². The van der Waals surface area contributed by atoms with Gasteiger partial charge in [0.25, 0.3) is 0 Å². The molecular weight excluding hydrogens is 506 g/mol. The molecule has 8 heteroatoms. The number of nitrogens with one attached hydrogen (secondary N) is 1. The van der Waals surface area contributed by atoms with Crippen LogP contribution in [0.5, 0.6) is 5.75 Å². The van der Waals surface area contributed by atoms with Crippen molar-refractivity contribution in [2.75, 3.05) is 27.2 Å². The standard InChI is InChI=1S/C32H45N3O5/c1-7-12-27(24-15-13-23(4)14-16-24)33-31(38)35-29(37)32(8-2,9-3)30(35)40-26-19-17-25(18-20-26)28(36)39-22-11-10-21-34(5)6/h13-20,27,30H,7-12,21-22H2,1-6H3,(H,33,38). The fraction of sp³-hybridized carbons (Fsp3) is 0.531. The summed E-state index contributed by atoms with van der Waals surface area (Å²) >= 11 is 0. The predicted octanol–water partition coefficient (Wildman–Crippen LogP) is 6.10. The van der Waals surface area contributed by atoms with Crippen molar-refractivity contribution in [1.82, 2.24) is 15.1 Å². The van der Waals surface area contributed by atoms with Crippen LogP contribution in [0.1, 0.15) is 86.8 Å². The Morgan fingerprint density at radius 2 is 1.65 bits per heavy atom. The van der Waals surface area contributed by atoms with Gasteiger partial charge in [-0.2, -0.15) is 0 Å². The Hall–Kier alpha value is -3.39. The largest absolute Gasteiger partial charge is 0.469 e. The molecule has 0 radical (unpaired) electrons. The van der Waals surface area contributed by atoms with E-state index in [0.29, 0.717) is 30.8 Å². The van der Waals surface area contributed by atoms with Crippen LogP contribution in [0, 0.1) is 12.3 Å². The molecule has 0 bridgehead atoms. The summed E-state index contributed by atoms with van der Waals surface area (Å²) in [5, 5.41) is 3.07. The van der Waals surface area contributed by atoms with Gasteiger partial charge in [0.1, 0.15) is 11.2 Å². The number of β-lactam (4-membered cyclic amide) rings is 1. The highest BCUT2D eigenvalue weighted by Gasteiger charge is 2.63. The van der Waals surface area contributed by atoms with Gasteiger partial charge < -0.3 is 19.7 Å². The van der Waals surface area contributed by atoms with Gasteiger partial charge >= 0.3 is 12.0 Å². The number of hydrogen-bond acceptors (Lipinski definition) is 6. The molecule has 2 unspecified atom stereocenters. The molecule has 0 aromatic heterocycles. The molecule has 3 amide bonds. The Morgan fingerprint density at radius 1 is 1.00 bits per heavy atom. The molecule has 2 aromatic rings. The van der Waals surface area contributed by atoms with E-state index in [9.17, 15) is 14.4 Å². The van der Waals surface area contributed by atoms with Crippen LogP contribution in [-0.2, 0) is 9.53 Å². The lowest BCUT2D eigenvalue weighted by atomic mass is 9.72. The zero-order valence-electron chi connectivity index (χ0n) is 24.9. The monoisotopic (exact) mass is 551 g/mol. The van der Waals surface area contributed by atoms with Crippen LogP contribution >= 0.6 is 0 Å². The Kier molecular flexibility index (Phi) is 11.1. The second-order valence-corrected chi connectivity index (χ2v) is 10.9. The van der Waals surface area contributed by atoms with Crippen molar-refractivity contribution in [2.24, 2.45) is 5.41 Å². The first-order valence-corrected chi connectivity index (χ1v) is 14.5. The van der Waals surface area contributed by atoms with Gasteiger partial charge in [0.05, 0.1) is 18.2 Å². The van der Waals surface area contributed by atoms with Gasteiger partial charge in [-0.15, -0.1) is 0 Å². The predicted molar refractivity (Wildman–Crippen MR) is 156 cm³/mol. The first kappa shape index (κ1) is 31.1. The van der Waals surface area contributed by atoms with E-state index < -0.39 is 17.7 Å². The molecule has 8 nitrogen and oxygen atoms in total. The van der Waals surface area contributed by atoms with Crippen LogP contribution < -0.4 is 10.1 Å². The summed E-state index contributed by atoms with van der Waals surface area (Å²) in [4.78, 5) is 42.6. The Balaban J connectivity index is 1.69. The molecule has 1 aliphatic heterocycles. The van der Waals surface area contributed by atoms with Crippen molar-refractivity contribution in [3.8, 4) is 5.75 Å². The number of unbranched alkanes of at least 4 members (excludes halogenated alkanes) is 1. The quantitative estimate of drug-likeness (QED) is 0.173.